The van der Waals surface area contributed by atoms with Gasteiger partial charge in [0.05, 0.1) is 23.9 Å². The highest BCUT2D eigenvalue weighted by Gasteiger charge is 2.19. The Labute approximate surface area is 108 Å². The van der Waals surface area contributed by atoms with Crippen molar-refractivity contribution in [2.45, 2.75) is 12.2 Å². The SMILES string of the molecule is OC(CCl)C(O)c1cnn(-c2ccc(F)cc2)c1. The van der Waals surface area contributed by atoms with Gasteiger partial charge < -0.3 is 10.2 Å². The van der Waals surface area contributed by atoms with Crippen molar-refractivity contribution in [3.05, 3.63) is 48.0 Å². The quantitative estimate of drug-likeness (QED) is 0.831. The molecule has 2 N–H and O–H groups in total. The Kier molecular flexibility index (Phi) is 3.96. The fraction of sp³-hybridized carbons (Fsp3) is 0.250. The highest BCUT2D eigenvalue weighted by molar-refractivity contribution is 6.18. The van der Waals surface area contributed by atoms with Crippen molar-refractivity contribution in [1.29, 1.82) is 0 Å². The molecule has 4 nitrogen and oxygen atoms in total. The van der Waals surface area contributed by atoms with Crippen LogP contribution in [0.4, 0.5) is 4.39 Å². The maximum atomic E-state index is 12.8. The summed E-state index contributed by atoms with van der Waals surface area (Å²) in [6.45, 7) is 0. The number of benzene rings is 1. The number of aromatic nitrogens is 2. The lowest BCUT2D eigenvalue weighted by molar-refractivity contribution is 0.0327. The van der Waals surface area contributed by atoms with E-state index in [0.29, 0.717) is 11.3 Å². The van der Waals surface area contributed by atoms with E-state index in [2.05, 4.69) is 5.10 Å². The molecule has 6 heteroatoms. The van der Waals surface area contributed by atoms with Crippen LogP contribution < -0.4 is 0 Å². The molecule has 0 aliphatic carbocycles. The van der Waals surface area contributed by atoms with E-state index in [1.54, 1.807) is 18.3 Å². The van der Waals surface area contributed by atoms with Crippen LogP contribution in [0.2, 0.25) is 0 Å². The van der Waals surface area contributed by atoms with Gasteiger partial charge in [0.15, 0.2) is 0 Å². The van der Waals surface area contributed by atoms with E-state index < -0.39 is 12.2 Å². The first kappa shape index (κ1) is 13.0. The average Bonchev–Trinajstić information content (AvgIpc) is 2.87. The normalized spacial score (nSPS) is 14.4. The van der Waals surface area contributed by atoms with Gasteiger partial charge in [-0.3, -0.25) is 0 Å². The van der Waals surface area contributed by atoms with Gasteiger partial charge in [0.25, 0.3) is 0 Å². The van der Waals surface area contributed by atoms with Gasteiger partial charge in [0, 0.05) is 11.8 Å². The molecule has 0 aliphatic heterocycles. The fourth-order valence-electron chi connectivity index (χ4n) is 1.53. The first-order valence-electron chi connectivity index (χ1n) is 5.34. The zero-order valence-corrected chi connectivity index (χ0v) is 10.1. The van der Waals surface area contributed by atoms with Crippen LogP contribution in [0.15, 0.2) is 36.7 Å². The predicted molar refractivity (Wildman–Crippen MR) is 65.2 cm³/mol. The van der Waals surface area contributed by atoms with Gasteiger partial charge in [-0.05, 0) is 24.3 Å². The molecular formula is C12H12ClFN2O2. The first-order chi connectivity index (χ1) is 8.61. The van der Waals surface area contributed by atoms with Crippen molar-refractivity contribution in [2.75, 3.05) is 5.88 Å². The molecule has 2 atom stereocenters. The minimum Gasteiger partial charge on any atom is -0.389 e. The van der Waals surface area contributed by atoms with Crippen LogP contribution in [0.5, 0.6) is 0 Å². The molecular weight excluding hydrogens is 259 g/mol. The highest BCUT2D eigenvalue weighted by Crippen LogP contribution is 2.18. The zero-order chi connectivity index (χ0) is 13.1. The molecule has 0 saturated carbocycles. The van der Waals surface area contributed by atoms with Gasteiger partial charge in [-0.25, -0.2) is 9.07 Å². The summed E-state index contributed by atoms with van der Waals surface area (Å²) in [4.78, 5) is 0. The molecule has 2 aromatic rings. The molecule has 1 aromatic heterocycles. The number of aliphatic hydroxyl groups excluding tert-OH is 2. The summed E-state index contributed by atoms with van der Waals surface area (Å²) in [6, 6.07) is 5.77. The topological polar surface area (TPSA) is 58.3 Å². The molecule has 0 saturated heterocycles. The number of aliphatic hydroxyl groups is 2. The van der Waals surface area contributed by atoms with Gasteiger partial charge >= 0.3 is 0 Å². The molecule has 0 spiro atoms. The van der Waals surface area contributed by atoms with Crippen LogP contribution in [-0.4, -0.2) is 32.0 Å². The summed E-state index contributed by atoms with van der Waals surface area (Å²) in [5.41, 5.74) is 1.11. The van der Waals surface area contributed by atoms with Crippen molar-refractivity contribution in [2.24, 2.45) is 0 Å². The molecule has 0 bridgehead atoms. The maximum absolute atomic E-state index is 12.8. The van der Waals surface area contributed by atoms with Crippen LogP contribution in [0, 0.1) is 5.82 Å². The molecule has 1 aromatic carbocycles. The van der Waals surface area contributed by atoms with Gasteiger partial charge in [-0.1, -0.05) is 0 Å². The predicted octanol–water partition coefficient (Wildman–Crippen LogP) is 1.64. The maximum Gasteiger partial charge on any atom is 0.123 e. The molecule has 96 valence electrons. The molecule has 18 heavy (non-hydrogen) atoms. The summed E-state index contributed by atoms with van der Waals surface area (Å²) < 4.78 is 14.3. The Balaban J connectivity index is 2.22. The Morgan fingerprint density at radius 1 is 1.28 bits per heavy atom. The van der Waals surface area contributed by atoms with Crippen molar-refractivity contribution in [1.82, 2.24) is 9.78 Å². The Hall–Kier alpha value is -1.43. The number of alkyl halides is 1. The number of hydrogen-bond donors (Lipinski definition) is 2. The van der Waals surface area contributed by atoms with E-state index in [-0.39, 0.29) is 11.7 Å². The third-order valence-electron chi connectivity index (χ3n) is 2.56. The lowest BCUT2D eigenvalue weighted by Gasteiger charge is -2.12. The van der Waals surface area contributed by atoms with E-state index in [0.717, 1.165) is 0 Å². The van der Waals surface area contributed by atoms with Gasteiger partial charge in [-0.15, -0.1) is 11.6 Å². The smallest absolute Gasteiger partial charge is 0.123 e. The summed E-state index contributed by atoms with van der Waals surface area (Å²) in [5, 5.41) is 23.2. The molecule has 0 fully saturated rings. The first-order valence-corrected chi connectivity index (χ1v) is 5.88. The summed E-state index contributed by atoms with van der Waals surface area (Å²) in [5.74, 6) is -0.396. The van der Waals surface area contributed by atoms with Gasteiger partial charge in [0.2, 0.25) is 0 Å². The van der Waals surface area contributed by atoms with Crippen molar-refractivity contribution in [3.8, 4) is 5.69 Å². The van der Waals surface area contributed by atoms with Crippen molar-refractivity contribution < 1.29 is 14.6 Å². The zero-order valence-electron chi connectivity index (χ0n) is 9.37. The minimum atomic E-state index is -1.09. The van der Waals surface area contributed by atoms with Crippen LogP contribution in [0.1, 0.15) is 11.7 Å². The second kappa shape index (κ2) is 5.48. The summed E-state index contributed by atoms with van der Waals surface area (Å²) >= 11 is 5.46. The number of hydrogen-bond acceptors (Lipinski definition) is 3. The van der Waals surface area contributed by atoms with Crippen LogP contribution in [0.3, 0.4) is 0 Å². The largest absolute Gasteiger partial charge is 0.389 e. The highest BCUT2D eigenvalue weighted by atomic mass is 35.5. The van der Waals surface area contributed by atoms with Crippen molar-refractivity contribution in [3.63, 3.8) is 0 Å². The van der Waals surface area contributed by atoms with E-state index in [4.69, 9.17) is 11.6 Å². The lowest BCUT2D eigenvalue weighted by atomic mass is 10.1. The second-order valence-electron chi connectivity index (χ2n) is 3.86. The average molecular weight is 271 g/mol. The number of rotatable bonds is 4. The van der Waals surface area contributed by atoms with Crippen LogP contribution >= 0.6 is 11.6 Å². The number of nitrogens with zero attached hydrogens (tertiary/aromatic N) is 2. The molecule has 2 unspecified atom stereocenters. The number of halogens is 2. The molecule has 0 aliphatic rings. The van der Waals surface area contributed by atoms with Gasteiger partial charge in [0.1, 0.15) is 11.9 Å². The molecule has 0 radical (unpaired) electrons. The fourth-order valence-corrected chi connectivity index (χ4v) is 1.70. The minimum absolute atomic E-state index is 0.0666. The molecule has 0 amide bonds. The van der Waals surface area contributed by atoms with E-state index in [1.165, 1.54) is 23.0 Å². The summed E-state index contributed by atoms with van der Waals surface area (Å²) in [7, 11) is 0. The molecule has 1 heterocycles. The van der Waals surface area contributed by atoms with Crippen molar-refractivity contribution >= 4 is 11.6 Å². The van der Waals surface area contributed by atoms with Gasteiger partial charge in [-0.2, -0.15) is 5.10 Å². The Morgan fingerprint density at radius 2 is 1.94 bits per heavy atom. The van der Waals surface area contributed by atoms with Crippen LogP contribution in [-0.2, 0) is 0 Å². The van der Waals surface area contributed by atoms with E-state index in [9.17, 15) is 14.6 Å². The Morgan fingerprint density at radius 3 is 2.56 bits per heavy atom. The standard InChI is InChI=1S/C12H12ClFN2O2/c13-5-11(17)12(18)8-6-15-16(7-8)10-3-1-9(14)2-4-10/h1-4,6-7,11-12,17-18H,5H2. The monoisotopic (exact) mass is 270 g/mol. The third kappa shape index (κ3) is 2.69. The second-order valence-corrected chi connectivity index (χ2v) is 4.17. The third-order valence-corrected chi connectivity index (χ3v) is 2.87. The Bertz CT molecular complexity index is 515. The van der Waals surface area contributed by atoms with Crippen LogP contribution in [0.25, 0.3) is 5.69 Å². The molecule has 2 rings (SSSR count). The lowest BCUT2D eigenvalue weighted by Crippen LogP contribution is -2.19. The summed E-state index contributed by atoms with van der Waals surface area (Å²) in [6.07, 6.45) is 0.867. The van der Waals surface area contributed by atoms with E-state index in [1.807, 2.05) is 0 Å². The van der Waals surface area contributed by atoms with E-state index >= 15 is 0 Å².